The van der Waals surface area contributed by atoms with Crippen LogP contribution in [0.15, 0.2) is 41.1 Å². The van der Waals surface area contributed by atoms with E-state index in [-0.39, 0.29) is 12.4 Å². The second-order valence-corrected chi connectivity index (χ2v) is 4.72. The van der Waals surface area contributed by atoms with Crippen molar-refractivity contribution in [3.63, 3.8) is 0 Å². The fourth-order valence-electron chi connectivity index (χ4n) is 1.27. The summed E-state index contributed by atoms with van der Waals surface area (Å²) in [6.45, 7) is 0.140. The van der Waals surface area contributed by atoms with Crippen molar-refractivity contribution in [1.82, 2.24) is 4.98 Å². The van der Waals surface area contributed by atoms with E-state index in [1.807, 2.05) is 0 Å². The van der Waals surface area contributed by atoms with Crippen molar-refractivity contribution in [1.29, 1.82) is 0 Å². The predicted molar refractivity (Wildman–Crippen MR) is 67.7 cm³/mol. The van der Waals surface area contributed by atoms with Crippen LogP contribution >= 0.6 is 27.5 Å². The number of halogens is 3. The molecular formula is C12H8BrClFNO. The van der Waals surface area contributed by atoms with Crippen molar-refractivity contribution in [2.24, 2.45) is 0 Å². The minimum absolute atomic E-state index is 0.140. The molecule has 2 nitrogen and oxygen atoms in total. The van der Waals surface area contributed by atoms with Crippen LogP contribution in [0.4, 0.5) is 4.39 Å². The van der Waals surface area contributed by atoms with Gasteiger partial charge in [0, 0.05) is 21.3 Å². The highest BCUT2D eigenvalue weighted by atomic mass is 79.9. The van der Waals surface area contributed by atoms with E-state index in [9.17, 15) is 4.39 Å². The molecule has 2 rings (SSSR count). The molecule has 17 heavy (non-hydrogen) atoms. The Morgan fingerprint density at radius 1 is 1.29 bits per heavy atom. The molecule has 0 aliphatic rings. The monoisotopic (exact) mass is 315 g/mol. The minimum atomic E-state index is -0.375. The molecule has 5 heteroatoms. The third-order valence-corrected chi connectivity index (χ3v) is 2.76. The van der Waals surface area contributed by atoms with Crippen LogP contribution in [0.25, 0.3) is 0 Å². The molecule has 2 aromatic rings. The zero-order valence-electron chi connectivity index (χ0n) is 8.66. The van der Waals surface area contributed by atoms with Gasteiger partial charge in [0.05, 0.1) is 6.20 Å². The number of benzene rings is 1. The summed E-state index contributed by atoms with van der Waals surface area (Å²) in [5.41, 5.74) is 0.453. The minimum Gasteiger partial charge on any atom is -0.487 e. The first-order chi connectivity index (χ1) is 8.15. The van der Waals surface area contributed by atoms with Crippen LogP contribution in [-0.4, -0.2) is 4.98 Å². The van der Waals surface area contributed by atoms with Gasteiger partial charge in [-0.05, 0) is 34.1 Å². The van der Waals surface area contributed by atoms with E-state index < -0.39 is 0 Å². The second kappa shape index (κ2) is 5.47. The Balaban J connectivity index is 2.07. The van der Waals surface area contributed by atoms with Gasteiger partial charge in [0.25, 0.3) is 0 Å². The van der Waals surface area contributed by atoms with Gasteiger partial charge >= 0.3 is 0 Å². The molecule has 0 amide bonds. The first-order valence-electron chi connectivity index (χ1n) is 4.82. The SMILES string of the molecule is Fc1cc(Cl)ccc1COc1cncc(Br)c1. The van der Waals surface area contributed by atoms with Crippen LogP contribution in [0.1, 0.15) is 5.56 Å². The molecule has 1 aromatic heterocycles. The van der Waals surface area contributed by atoms with Gasteiger partial charge in [-0.15, -0.1) is 0 Å². The van der Waals surface area contributed by atoms with E-state index in [1.54, 1.807) is 30.6 Å². The molecule has 0 aliphatic heterocycles. The largest absolute Gasteiger partial charge is 0.487 e. The maximum absolute atomic E-state index is 13.4. The Morgan fingerprint density at radius 2 is 2.12 bits per heavy atom. The van der Waals surface area contributed by atoms with Crippen molar-refractivity contribution in [3.05, 3.63) is 57.5 Å². The first-order valence-corrected chi connectivity index (χ1v) is 5.99. The summed E-state index contributed by atoms with van der Waals surface area (Å²) in [7, 11) is 0. The van der Waals surface area contributed by atoms with Crippen molar-refractivity contribution in [3.8, 4) is 5.75 Å². The van der Waals surface area contributed by atoms with Crippen molar-refractivity contribution in [2.75, 3.05) is 0 Å². The highest BCUT2D eigenvalue weighted by molar-refractivity contribution is 9.10. The summed E-state index contributed by atoms with van der Waals surface area (Å²) < 4.78 is 19.7. The van der Waals surface area contributed by atoms with Gasteiger partial charge in [0.1, 0.15) is 18.2 Å². The van der Waals surface area contributed by atoms with Crippen molar-refractivity contribution >= 4 is 27.5 Å². The third-order valence-electron chi connectivity index (χ3n) is 2.09. The Bertz CT molecular complexity index is 536. The van der Waals surface area contributed by atoms with Crippen LogP contribution in [-0.2, 0) is 6.61 Å². The lowest BCUT2D eigenvalue weighted by molar-refractivity contribution is 0.298. The van der Waals surface area contributed by atoms with Gasteiger partial charge in [-0.25, -0.2) is 4.39 Å². The summed E-state index contributed by atoms with van der Waals surface area (Å²) in [5.74, 6) is 0.203. The zero-order valence-corrected chi connectivity index (χ0v) is 11.0. The average molecular weight is 317 g/mol. The Kier molecular flexibility index (Phi) is 3.97. The van der Waals surface area contributed by atoms with Gasteiger partial charge in [-0.1, -0.05) is 17.7 Å². The summed E-state index contributed by atoms with van der Waals surface area (Å²) in [6.07, 6.45) is 3.22. The molecule has 1 heterocycles. The molecule has 88 valence electrons. The van der Waals surface area contributed by atoms with E-state index in [2.05, 4.69) is 20.9 Å². The van der Waals surface area contributed by atoms with Crippen LogP contribution < -0.4 is 4.74 Å². The maximum atomic E-state index is 13.4. The highest BCUT2D eigenvalue weighted by Crippen LogP contribution is 2.19. The van der Waals surface area contributed by atoms with Gasteiger partial charge in [-0.3, -0.25) is 4.98 Å². The molecular weight excluding hydrogens is 308 g/mol. The molecule has 0 unspecified atom stereocenters. The predicted octanol–water partition coefficient (Wildman–Crippen LogP) is 4.22. The van der Waals surface area contributed by atoms with Gasteiger partial charge < -0.3 is 4.74 Å². The molecule has 0 radical (unpaired) electrons. The van der Waals surface area contributed by atoms with Gasteiger partial charge in [0.15, 0.2) is 0 Å². The van der Waals surface area contributed by atoms with E-state index >= 15 is 0 Å². The normalized spacial score (nSPS) is 10.3. The van der Waals surface area contributed by atoms with E-state index in [0.717, 1.165) is 4.47 Å². The molecule has 0 saturated carbocycles. The summed E-state index contributed by atoms with van der Waals surface area (Å²) in [5, 5.41) is 0.371. The van der Waals surface area contributed by atoms with Gasteiger partial charge in [-0.2, -0.15) is 0 Å². The fraction of sp³-hybridized carbons (Fsp3) is 0.0833. The lowest BCUT2D eigenvalue weighted by Gasteiger charge is -2.07. The number of aromatic nitrogens is 1. The van der Waals surface area contributed by atoms with E-state index in [1.165, 1.54) is 6.07 Å². The Hall–Kier alpha value is -1.13. The molecule has 0 saturated heterocycles. The molecule has 0 spiro atoms. The standard InChI is InChI=1S/C12H8BrClFNO/c13-9-3-11(6-16-5-9)17-7-8-1-2-10(14)4-12(8)15/h1-6H,7H2. The summed E-state index contributed by atoms with van der Waals surface area (Å²) in [4.78, 5) is 3.95. The zero-order chi connectivity index (χ0) is 12.3. The van der Waals surface area contributed by atoms with E-state index in [0.29, 0.717) is 16.3 Å². The lowest BCUT2D eigenvalue weighted by atomic mass is 10.2. The molecule has 1 aromatic carbocycles. The average Bonchev–Trinajstić information content (AvgIpc) is 2.28. The van der Waals surface area contributed by atoms with Crippen LogP contribution in [0.2, 0.25) is 5.02 Å². The second-order valence-electron chi connectivity index (χ2n) is 3.36. The smallest absolute Gasteiger partial charge is 0.139 e. The Labute approximate surface area is 112 Å². The van der Waals surface area contributed by atoms with E-state index in [4.69, 9.17) is 16.3 Å². The lowest BCUT2D eigenvalue weighted by Crippen LogP contribution is -1.98. The fourth-order valence-corrected chi connectivity index (χ4v) is 1.77. The van der Waals surface area contributed by atoms with Crippen LogP contribution in [0.3, 0.4) is 0 Å². The summed E-state index contributed by atoms with van der Waals surface area (Å²) >= 11 is 8.94. The number of hydrogen-bond acceptors (Lipinski definition) is 2. The number of rotatable bonds is 3. The molecule has 0 atom stereocenters. The molecule has 0 aliphatic carbocycles. The van der Waals surface area contributed by atoms with Crippen molar-refractivity contribution < 1.29 is 9.13 Å². The first kappa shape index (κ1) is 12.3. The topological polar surface area (TPSA) is 22.1 Å². The molecule has 0 bridgehead atoms. The Morgan fingerprint density at radius 3 is 2.82 bits per heavy atom. The number of hydrogen-bond donors (Lipinski definition) is 0. The van der Waals surface area contributed by atoms with Crippen molar-refractivity contribution in [2.45, 2.75) is 6.61 Å². The third kappa shape index (κ3) is 3.41. The van der Waals surface area contributed by atoms with Crippen LogP contribution in [0, 0.1) is 5.82 Å². The number of ether oxygens (including phenoxy) is 1. The molecule has 0 fully saturated rings. The number of pyridine rings is 1. The maximum Gasteiger partial charge on any atom is 0.139 e. The van der Waals surface area contributed by atoms with Crippen LogP contribution in [0.5, 0.6) is 5.75 Å². The molecule has 0 N–H and O–H groups in total. The highest BCUT2D eigenvalue weighted by Gasteiger charge is 2.04. The quantitative estimate of drug-likeness (QED) is 0.846. The summed E-state index contributed by atoms with van der Waals surface area (Å²) in [6, 6.07) is 6.26. The van der Waals surface area contributed by atoms with Gasteiger partial charge in [0.2, 0.25) is 0 Å². The number of nitrogens with zero attached hydrogens (tertiary/aromatic N) is 1.